The average molecular weight is 214 g/mol. The molecule has 0 aromatic carbocycles. The molecule has 0 radical (unpaired) electrons. The quantitative estimate of drug-likeness (QED) is 0.474. The van der Waals surface area contributed by atoms with E-state index in [-0.39, 0.29) is 6.42 Å². The van der Waals surface area contributed by atoms with Crippen molar-refractivity contribution in [2.24, 2.45) is 5.92 Å². The number of unbranched alkanes of at least 4 members (excludes halogenated alkanes) is 4. The fraction of sp³-hybridized carbons (Fsp3) is 0.833. The maximum atomic E-state index is 10.7. The van der Waals surface area contributed by atoms with Crippen molar-refractivity contribution in [2.75, 3.05) is 0 Å². The smallest absolute Gasteiger partial charge is 0.372 e. The minimum atomic E-state index is -1.30. The lowest BCUT2D eigenvalue weighted by Crippen LogP contribution is -2.11. The predicted molar refractivity (Wildman–Crippen MR) is 59.8 cm³/mol. The topological polar surface area (TPSA) is 54.4 Å². The van der Waals surface area contributed by atoms with Crippen molar-refractivity contribution in [3.05, 3.63) is 0 Å². The summed E-state index contributed by atoms with van der Waals surface area (Å²) < 4.78 is 0. The van der Waals surface area contributed by atoms with Gasteiger partial charge >= 0.3 is 5.97 Å². The molecule has 0 unspecified atom stereocenters. The third kappa shape index (κ3) is 9.44. The highest BCUT2D eigenvalue weighted by Gasteiger charge is 2.09. The molecule has 15 heavy (non-hydrogen) atoms. The van der Waals surface area contributed by atoms with E-state index in [2.05, 4.69) is 13.8 Å². The summed E-state index contributed by atoms with van der Waals surface area (Å²) in [6, 6.07) is 0. The van der Waals surface area contributed by atoms with Crippen molar-refractivity contribution in [2.45, 2.75) is 58.8 Å². The van der Waals surface area contributed by atoms with Crippen LogP contribution < -0.4 is 0 Å². The Bertz CT molecular complexity index is 197. The van der Waals surface area contributed by atoms with Crippen LogP contribution in [0.2, 0.25) is 0 Å². The van der Waals surface area contributed by atoms with Crippen LogP contribution >= 0.6 is 0 Å². The second kappa shape index (κ2) is 8.45. The maximum Gasteiger partial charge on any atom is 0.372 e. The fourth-order valence-electron chi connectivity index (χ4n) is 1.48. The Hall–Kier alpha value is -0.860. The molecule has 0 aliphatic heterocycles. The van der Waals surface area contributed by atoms with Gasteiger partial charge in [0.05, 0.1) is 0 Å². The molecule has 0 fully saturated rings. The summed E-state index contributed by atoms with van der Waals surface area (Å²) in [6.45, 7) is 4.43. The number of hydrogen-bond acceptors (Lipinski definition) is 2. The molecule has 0 rings (SSSR count). The lowest BCUT2D eigenvalue weighted by molar-refractivity contribution is -0.149. The van der Waals surface area contributed by atoms with Gasteiger partial charge in [0.15, 0.2) is 0 Å². The van der Waals surface area contributed by atoms with E-state index < -0.39 is 11.8 Å². The SMILES string of the molecule is CC(C)CCCCCCCC(=O)C(=O)O. The third-order valence-corrected chi connectivity index (χ3v) is 2.42. The number of rotatable bonds is 9. The van der Waals surface area contributed by atoms with Gasteiger partial charge in [-0.3, -0.25) is 4.79 Å². The normalized spacial score (nSPS) is 10.6. The highest BCUT2D eigenvalue weighted by atomic mass is 16.4. The zero-order valence-electron chi connectivity index (χ0n) is 9.79. The third-order valence-electron chi connectivity index (χ3n) is 2.42. The van der Waals surface area contributed by atoms with Gasteiger partial charge in [0.1, 0.15) is 0 Å². The first-order chi connectivity index (χ1) is 7.04. The Morgan fingerprint density at radius 1 is 1.00 bits per heavy atom. The van der Waals surface area contributed by atoms with E-state index in [1.54, 1.807) is 0 Å². The highest BCUT2D eigenvalue weighted by molar-refractivity contribution is 6.32. The Kier molecular flexibility index (Phi) is 7.96. The van der Waals surface area contributed by atoms with E-state index in [4.69, 9.17) is 5.11 Å². The molecule has 0 saturated carbocycles. The molecule has 0 spiro atoms. The fourth-order valence-corrected chi connectivity index (χ4v) is 1.48. The van der Waals surface area contributed by atoms with Crippen LogP contribution in [0.25, 0.3) is 0 Å². The van der Waals surface area contributed by atoms with Gasteiger partial charge < -0.3 is 5.11 Å². The average Bonchev–Trinajstić information content (AvgIpc) is 2.15. The number of carboxylic acid groups (broad SMARTS) is 1. The van der Waals surface area contributed by atoms with Gasteiger partial charge in [-0.2, -0.15) is 0 Å². The molecule has 88 valence electrons. The van der Waals surface area contributed by atoms with Gasteiger partial charge in [0.25, 0.3) is 0 Å². The van der Waals surface area contributed by atoms with Gasteiger partial charge in [-0.15, -0.1) is 0 Å². The standard InChI is InChI=1S/C12H22O3/c1-10(2)8-6-4-3-5-7-9-11(13)12(14)15/h10H,3-9H2,1-2H3,(H,14,15). The molecule has 0 aliphatic rings. The number of aliphatic carboxylic acids is 1. The molecule has 3 nitrogen and oxygen atoms in total. The second-order valence-electron chi connectivity index (χ2n) is 4.43. The van der Waals surface area contributed by atoms with Crippen LogP contribution in [0.15, 0.2) is 0 Å². The molecule has 0 amide bonds. The van der Waals surface area contributed by atoms with Crippen molar-refractivity contribution in [1.29, 1.82) is 0 Å². The number of carbonyl (C=O) groups is 2. The van der Waals surface area contributed by atoms with Crippen molar-refractivity contribution < 1.29 is 14.7 Å². The van der Waals surface area contributed by atoms with E-state index in [0.29, 0.717) is 6.42 Å². The summed E-state index contributed by atoms with van der Waals surface area (Å²) in [4.78, 5) is 20.9. The minimum Gasteiger partial charge on any atom is -0.476 e. The highest BCUT2D eigenvalue weighted by Crippen LogP contribution is 2.11. The Morgan fingerprint density at radius 3 is 2.07 bits per heavy atom. The number of hydrogen-bond donors (Lipinski definition) is 1. The molecule has 0 aliphatic carbocycles. The summed E-state index contributed by atoms with van der Waals surface area (Å²) in [5, 5.41) is 8.33. The molecule has 0 heterocycles. The van der Waals surface area contributed by atoms with Crippen LogP contribution in [-0.2, 0) is 9.59 Å². The molecule has 1 N–H and O–H groups in total. The summed E-state index contributed by atoms with van der Waals surface area (Å²) in [5.74, 6) is -1.19. The van der Waals surface area contributed by atoms with E-state index in [1.807, 2.05) is 0 Å². The van der Waals surface area contributed by atoms with Gasteiger partial charge in [-0.1, -0.05) is 46.0 Å². The van der Waals surface area contributed by atoms with E-state index in [9.17, 15) is 9.59 Å². The first-order valence-corrected chi connectivity index (χ1v) is 5.80. The summed E-state index contributed by atoms with van der Waals surface area (Å²) in [5.41, 5.74) is 0. The molecule has 0 aromatic rings. The maximum absolute atomic E-state index is 10.7. The van der Waals surface area contributed by atoms with Crippen LogP contribution in [-0.4, -0.2) is 16.9 Å². The number of Topliss-reactive ketones (excluding diaryl/α,β-unsaturated/α-hetero) is 1. The van der Waals surface area contributed by atoms with Gasteiger partial charge in [-0.05, 0) is 12.3 Å². The molecule has 3 heteroatoms. The van der Waals surface area contributed by atoms with Crippen molar-refractivity contribution in [3.8, 4) is 0 Å². The van der Waals surface area contributed by atoms with Crippen LogP contribution in [0.4, 0.5) is 0 Å². The number of carboxylic acids is 1. The largest absolute Gasteiger partial charge is 0.476 e. The molecular weight excluding hydrogens is 192 g/mol. The lowest BCUT2D eigenvalue weighted by atomic mass is 10.0. The predicted octanol–water partition coefficient (Wildman–Crippen LogP) is 3.03. The van der Waals surface area contributed by atoms with Crippen LogP contribution in [0.3, 0.4) is 0 Å². The van der Waals surface area contributed by atoms with E-state index >= 15 is 0 Å². The Balaban J connectivity index is 3.18. The first-order valence-electron chi connectivity index (χ1n) is 5.80. The second-order valence-corrected chi connectivity index (χ2v) is 4.43. The van der Waals surface area contributed by atoms with E-state index in [1.165, 1.54) is 19.3 Å². The molecule has 0 saturated heterocycles. The summed E-state index contributed by atoms with van der Waals surface area (Å²) in [6.07, 6.45) is 6.68. The van der Waals surface area contributed by atoms with Crippen molar-refractivity contribution in [3.63, 3.8) is 0 Å². The molecular formula is C12H22O3. The Labute approximate surface area is 91.9 Å². The number of ketones is 1. The molecule has 0 aromatic heterocycles. The van der Waals surface area contributed by atoms with Crippen molar-refractivity contribution in [1.82, 2.24) is 0 Å². The lowest BCUT2D eigenvalue weighted by Gasteiger charge is -2.03. The first kappa shape index (κ1) is 14.1. The zero-order valence-corrected chi connectivity index (χ0v) is 9.79. The monoisotopic (exact) mass is 214 g/mol. The molecule has 0 bridgehead atoms. The van der Waals surface area contributed by atoms with E-state index in [0.717, 1.165) is 18.8 Å². The van der Waals surface area contributed by atoms with Gasteiger partial charge in [0.2, 0.25) is 5.78 Å². The van der Waals surface area contributed by atoms with Crippen LogP contribution in [0.5, 0.6) is 0 Å². The van der Waals surface area contributed by atoms with Gasteiger partial charge in [0, 0.05) is 6.42 Å². The Morgan fingerprint density at radius 2 is 1.53 bits per heavy atom. The number of carbonyl (C=O) groups excluding carboxylic acids is 1. The summed E-state index contributed by atoms with van der Waals surface area (Å²) in [7, 11) is 0. The minimum absolute atomic E-state index is 0.194. The molecule has 0 atom stereocenters. The summed E-state index contributed by atoms with van der Waals surface area (Å²) >= 11 is 0. The zero-order chi connectivity index (χ0) is 11.7. The van der Waals surface area contributed by atoms with Crippen LogP contribution in [0.1, 0.15) is 58.8 Å². The van der Waals surface area contributed by atoms with Crippen LogP contribution in [0, 0.1) is 5.92 Å². The van der Waals surface area contributed by atoms with Crippen molar-refractivity contribution >= 4 is 11.8 Å². The van der Waals surface area contributed by atoms with Gasteiger partial charge in [-0.25, -0.2) is 4.79 Å².